The third kappa shape index (κ3) is 3.30. The van der Waals surface area contributed by atoms with Gasteiger partial charge in [-0.15, -0.1) is 0 Å². The Labute approximate surface area is 118 Å². The quantitative estimate of drug-likeness (QED) is 0.513. The standard InChI is InChI=1S/C13H11N3O5/c1-8-12(16(19)20)11(21-15-8)6-7-14-10-4-2-9(3-5-10)13(17)18/h2-5,7H,6H2,1H3,(H,17,18). The second-order valence-corrected chi connectivity index (χ2v) is 4.16. The summed E-state index contributed by atoms with van der Waals surface area (Å²) in [6.45, 7) is 1.49. The molecule has 0 saturated heterocycles. The fourth-order valence-electron chi connectivity index (χ4n) is 1.70. The molecule has 1 aromatic carbocycles. The third-order valence-corrected chi connectivity index (χ3v) is 2.71. The van der Waals surface area contributed by atoms with Gasteiger partial charge in [-0.05, 0) is 31.2 Å². The Morgan fingerprint density at radius 3 is 2.71 bits per heavy atom. The third-order valence-electron chi connectivity index (χ3n) is 2.71. The first-order valence-electron chi connectivity index (χ1n) is 5.94. The molecule has 1 heterocycles. The van der Waals surface area contributed by atoms with E-state index in [2.05, 4.69) is 10.1 Å². The van der Waals surface area contributed by atoms with Gasteiger partial charge in [-0.25, -0.2) is 4.79 Å². The van der Waals surface area contributed by atoms with Crippen LogP contribution in [0.1, 0.15) is 21.8 Å². The van der Waals surface area contributed by atoms with Crippen LogP contribution in [0, 0.1) is 17.0 Å². The average molecular weight is 289 g/mol. The van der Waals surface area contributed by atoms with E-state index < -0.39 is 10.9 Å². The van der Waals surface area contributed by atoms with Gasteiger partial charge in [-0.1, -0.05) is 5.16 Å². The Bertz CT molecular complexity index is 703. The molecule has 2 aromatic rings. The van der Waals surface area contributed by atoms with Crippen LogP contribution >= 0.6 is 0 Å². The number of nitro groups is 1. The van der Waals surface area contributed by atoms with E-state index >= 15 is 0 Å². The molecule has 0 radical (unpaired) electrons. The number of aromatic nitrogens is 1. The number of aromatic carboxylic acids is 1. The highest BCUT2D eigenvalue weighted by Crippen LogP contribution is 2.22. The molecule has 0 aliphatic heterocycles. The highest BCUT2D eigenvalue weighted by atomic mass is 16.6. The van der Waals surface area contributed by atoms with Crippen molar-refractivity contribution in [3.8, 4) is 0 Å². The summed E-state index contributed by atoms with van der Waals surface area (Å²) in [5, 5.41) is 23.2. The fraction of sp³-hybridized carbons (Fsp3) is 0.154. The van der Waals surface area contributed by atoms with Gasteiger partial charge in [0.2, 0.25) is 5.76 Å². The van der Waals surface area contributed by atoms with Crippen molar-refractivity contribution in [3.05, 3.63) is 51.4 Å². The molecular formula is C13H11N3O5. The van der Waals surface area contributed by atoms with Crippen molar-refractivity contribution >= 4 is 23.6 Å². The summed E-state index contributed by atoms with van der Waals surface area (Å²) in [4.78, 5) is 25.1. The van der Waals surface area contributed by atoms with E-state index in [1.54, 1.807) is 12.1 Å². The molecule has 1 aromatic heterocycles. The van der Waals surface area contributed by atoms with Crippen molar-refractivity contribution in [1.29, 1.82) is 0 Å². The number of aliphatic imine (C=N–C) groups is 1. The highest BCUT2D eigenvalue weighted by molar-refractivity contribution is 5.88. The smallest absolute Gasteiger partial charge is 0.335 e. The number of hydrogen-bond donors (Lipinski definition) is 1. The second-order valence-electron chi connectivity index (χ2n) is 4.16. The Hall–Kier alpha value is -3.03. The zero-order chi connectivity index (χ0) is 15.4. The van der Waals surface area contributed by atoms with Crippen molar-refractivity contribution in [2.75, 3.05) is 0 Å². The highest BCUT2D eigenvalue weighted by Gasteiger charge is 2.22. The van der Waals surface area contributed by atoms with E-state index in [0.717, 1.165) is 0 Å². The van der Waals surface area contributed by atoms with E-state index in [0.29, 0.717) is 5.69 Å². The van der Waals surface area contributed by atoms with E-state index in [-0.39, 0.29) is 29.1 Å². The van der Waals surface area contributed by atoms with E-state index in [4.69, 9.17) is 9.63 Å². The molecular weight excluding hydrogens is 278 g/mol. The lowest BCUT2D eigenvalue weighted by molar-refractivity contribution is -0.386. The molecule has 8 heteroatoms. The number of hydrogen-bond acceptors (Lipinski definition) is 6. The molecule has 0 aliphatic rings. The van der Waals surface area contributed by atoms with Crippen LogP contribution in [0.3, 0.4) is 0 Å². The molecule has 0 spiro atoms. The van der Waals surface area contributed by atoms with Gasteiger partial charge in [0, 0.05) is 6.21 Å². The number of benzene rings is 1. The summed E-state index contributed by atoms with van der Waals surface area (Å²) < 4.78 is 4.88. The maximum absolute atomic E-state index is 10.8. The zero-order valence-corrected chi connectivity index (χ0v) is 11.0. The number of carboxylic acids is 1. The minimum atomic E-state index is -1.02. The van der Waals surface area contributed by atoms with Gasteiger partial charge in [0.25, 0.3) is 0 Å². The summed E-state index contributed by atoms with van der Waals surface area (Å²) >= 11 is 0. The van der Waals surface area contributed by atoms with E-state index in [1.807, 2.05) is 0 Å². The van der Waals surface area contributed by atoms with Crippen molar-refractivity contribution in [3.63, 3.8) is 0 Å². The first-order chi connectivity index (χ1) is 9.99. The zero-order valence-electron chi connectivity index (χ0n) is 11.0. The maximum atomic E-state index is 10.8. The number of rotatable bonds is 5. The molecule has 8 nitrogen and oxygen atoms in total. The Kier molecular flexibility index (Phi) is 4.07. The molecule has 21 heavy (non-hydrogen) atoms. The topological polar surface area (TPSA) is 119 Å². The van der Waals surface area contributed by atoms with Crippen LogP contribution in [-0.2, 0) is 6.42 Å². The summed E-state index contributed by atoms with van der Waals surface area (Å²) in [5.41, 5.74) is 0.770. The van der Waals surface area contributed by atoms with Gasteiger partial charge < -0.3 is 9.63 Å². The van der Waals surface area contributed by atoms with Crippen LogP contribution in [0.25, 0.3) is 0 Å². The van der Waals surface area contributed by atoms with E-state index in [9.17, 15) is 14.9 Å². The predicted molar refractivity (Wildman–Crippen MR) is 73.2 cm³/mol. The maximum Gasteiger partial charge on any atom is 0.335 e. The molecule has 0 saturated carbocycles. The second kappa shape index (κ2) is 5.95. The lowest BCUT2D eigenvalue weighted by Gasteiger charge is -1.95. The largest absolute Gasteiger partial charge is 0.478 e. The summed E-state index contributed by atoms with van der Waals surface area (Å²) in [5.74, 6) is -0.887. The van der Waals surface area contributed by atoms with Crippen LogP contribution in [-0.4, -0.2) is 27.4 Å². The van der Waals surface area contributed by atoms with Gasteiger partial charge in [0.05, 0.1) is 22.6 Å². The van der Waals surface area contributed by atoms with Crippen molar-refractivity contribution < 1.29 is 19.3 Å². The number of carbonyl (C=O) groups is 1. The molecule has 0 bridgehead atoms. The molecule has 0 atom stereocenters. The van der Waals surface area contributed by atoms with Crippen LogP contribution in [0.5, 0.6) is 0 Å². The van der Waals surface area contributed by atoms with Crippen LogP contribution in [0.15, 0.2) is 33.8 Å². The van der Waals surface area contributed by atoms with Crippen molar-refractivity contribution in [2.24, 2.45) is 4.99 Å². The monoisotopic (exact) mass is 289 g/mol. The Balaban J connectivity index is 2.09. The first kappa shape index (κ1) is 14.4. The number of carboxylic acid groups (broad SMARTS) is 1. The van der Waals surface area contributed by atoms with Gasteiger partial charge in [-0.2, -0.15) is 0 Å². The minimum Gasteiger partial charge on any atom is -0.478 e. The van der Waals surface area contributed by atoms with Gasteiger partial charge in [-0.3, -0.25) is 15.1 Å². The fourth-order valence-corrected chi connectivity index (χ4v) is 1.70. The summed E-state index contributed by atoms with van der Waals surface area (Å²) in [6.07, 6.45) is 1.57. The summed E-state index contributed by atoms with van der Waals surface area (Å²) in [6, 6.07) is 5.94. The Morgan fingerprint density at radius 2 is 2.14 bits per heavy atom. The lowest BCUT2D eigenvalue weighted by Crippen LogP contribution is -1.95. The first-order valence-corrected chi connectivity index (χ1v) is 5.94. The molecule has 0 amide bonds. The predicted octanol–water partition coefficient (Wildman–Crippen LogP) is 2.53. The van der Waals surface area contributed by atoms with Gasteiger partial charge in [0.1, 0.15) is 0 Å². The molecule has 0 aliphatic carbocycles. The molecule has 0 unspecified atom stereocenters. The number of nitrogens with zero attached hydrogens (tertiary/aromatic N) is 3. The van der Waals surface area contributed by atoms with Crippen molar-refractivity contribution in [1.82, 2.24) is 5.16 Å². The van der Waals surface area contributed by atoms with Crippen LogP contribution in [0.4, 0.5) is 11.4 Å². The molecule has 108 valence electrons. The Morgan fingerprint density at radius 1 is 1.48 bits per heavy atom. The molecule has 1 N–H and O–H groups in total. The minimum absolute atomic E-state index is 0.123. The average Bonchev–Trinajstić information content (AvgIpc) is 2.80. The normalized spacial score (nSPS) is 10.9. The summed E-state index contributed by atoms with van der Waals surface area (Å²) in [7, 11) is 0. The molecule has 0 fully saturated rings. The lowest BCUT2D eigenvalue weighted by atomic mass is 10.2. The van der Waals surface area contributed by atoms with Gasteiger partial charge in [0.15, 0.2) is 5.69 Å². The molecule has 2 rings (SSSR count). The van der Waals surface area contributed by atoms with Crippen LogP contribution in [0.2, 0.25) is 0 Å². The van der Waals surface area contributed by atoms with Gasteiger partial charge >= 0.3 is 11.7 Å². The SMILES string of the molecule is Cc1noc(CC=Nc2ccc(C(=O)O)cc2)c1[N+](=O)[O-]. The number of aryl methyl sites for hydroxylation is 1. The van der Waals surface area contributed by atoms with E-state index in [1.165, 1.54) is 25.3 Å². The van der Waals surface area contributed by atoms with Crippen molar-refractivity contribution in [2.45, 2.75) is 13.3 Å². The van der Waals surface area contributed by atoms with Crippen LogP contribution < -0.4 is 0 Å².